The molecule has 166 valence electrons. The maximum Gasteiger partial charge on any atom is 0.308 e. The molecule has 0 aliphatic rings. The number of fused-ring (bicyclic) bond motifs is 1. The van der Waals surface area contributed by atoms with E-state index in [-0.39, 0.29) is 4.87 Å². The minimum atomic E-state index is -3.71. The number of nitrogens with one attached hydrogen (secondary N) is 1. The van der Waals surface area contributed by atoms with Crippen LogP contribution in [0.15, 0.2) is 41.2 Å². The maximum atomic E-state index is 13.1. The average Bonchev–Trinajstić information content (AvgIpc) is 3.01. The van der Waals surface area contributed by atoms with Crippen LogP contribution in [0.3, 0.4) is 0 Å². The van der Waals surface area contributed by atoms with Crippen LogP contribution >= 0.6 is 11.3 Å². The fourth-order valence-corrected chi connectivity index (χ4v) is 5.79. The standard InChI is InChI=1S/C22H27N3O4S2/c1-6-18(25(31(5,28)29)17-10-8-14(3)15(4)12-17)21(26)23-16-9-11-19-20(13-16)30-22(27)24(19)7-2/h8-13,18H,6-7H2,1-5H3,(H,23,26)/t18-/m1/s1. The molecular weight excluding hydrogens is 434 g/mol. The van der Waals surface area contributed by atoms with Gasteiger partial charge < -0.3 is 5.32 Å². The lowest BCUT2D eigenvalue weighted by molar-refractivity contribution is -0.117. The maximum absolute atomic E-state index is 13.1. The highest BCUT2D eigenvalue weighted by atomic mass is 32.2. The SMILES string of the molecule is CC[C@H](C(=O)Nc1ccc2c(c1)sc(=O)n2CC)N(c1ccc(C)c(C)c1)S(C)(=O)=O. The van der Waals surface area contributed by atoms with Crippen molar-refractivity contribution in [3.8, 4) is 0 Å². The Bertz CT molecular complexity index is 1290. The van der Waals surface area contributed by atoms with Gasteiger partial charge in [0.25, 0.3) is 0 Å². The average molecular weight is 462 g/mol. The number of rotatable bonds is 7. The molecule has 3 rings (SSSR count). The van der Waals surface area contributed by atoms with Gasteiger partial charge in [-0.1, -0.05) is 24.3 Å². The summed E-state index contributed by atoms with van der Waals surface area (Å²) in [5.41, 5.74) is 3.79. The zero-order chi connectivity index (χ0) is 22.9. The topological polar surface area (TPSA) is 88.5 Å². The minimum absolute atomic E-state index is 0.0506. The van der Waals surface area contributed by atoms with Gasteiger partial charge in [0, 0.05) is 12.2 Å². The minimum Gasteiger partial charge on any atom is -0.324 e. The van der Waals surface area contributed by atoms with Gasteiger partial charge in [-0.25, -0.2) is 8.42 Å². The molecule has 31 heavy (non-hydrogen) atoms. The number of aromatic nitrogens is 1. The predicted molar refractivity (Wildman–Crippen MR) is 128 cm³/mol. The van der Waals surface area contributed by atoms with E-state index in [0.29, 0.717) is 24.3 Å². The second kappa shape index (κ2) is 8.84. The van der Waals surface area contributed by atoms with Crippen molar-refractivity contribution in [2.45, 2.75) is 46.7 Å². The Balaban J connectivity index is 1.95. The molecule has 0 spiro atoms. The van der Waals surface area contributed by atoms with Gasteiger partial charge in [-0.15, -0.1) is 0 Å². The van der Waals surface area contributed by atoms with Crippen molar-refractivity contribution < 1.29 is 13.2 Å². The van der Waals surface area contributed by atoms with Crippen LogP contribution in [0.25, 0.3) is 10.2 Å². The number of sulfonamides is 1. The summed E-state index contributed by atoms with van der Waals surface area (Å²) in [7, 11) is -3.71. The van der Waals surface area contributed by atoms with Crippen LogP contribution < -0.4 is 14.5 Å². The molecule has 1 heterocycles. The molecule has 0 radical (unpaired) electrons. The van der Waals surface area contributed by atoms with E-state index in [0.717, 1.165) is 38.9 Å². The number of anilines is 2. The highest BCUT2D eigenvalue weighted by molar-refractivity contribution is 7.92. The van der Waals surface area contributed by atoms with Gasteiger partial charge in [0.1, 0.15) is 6.04 Å². The van der Waals surface area contributed by atoms with Crippen molar-refractivity contribution in [2.75, 3.05) is 15.9 Å². The van der Waals surface area contributed by atoms with Crippen LogP contribution in [-0.4, -0.2) is 31.2 Å². The Hall–Kier alpha value is -2.65. The first-order valence-electron chi connectivity index (χ1n) is 10.1. The molecule has 1 atom stereocenters. The summed E-state index contributed by atoms with van der Waals surface area (Å²) < 4.78 is 28.9. The summed E-state index contributed by atoms with van der Waals surface area (Å²) in [5, 5.41) is 2.83. The Morgan fingerprint density at radius 3 is 2.42 bits per heavy atom. The number of aryl methyl sites for hydroxylation is 3. The fraction of sp³-hybridized carbons (Fsp3) is 0.364. The third-order valence-electron chi connectivity index (χ3n) is 5.33. The van der Waals surface area contributed by atoms with E-state index in [4.69, 9.17) is 0 Å². The molecule has 0 saturated carbocycles. The molecule has 3 aromatic rings. The number of hydrogen-bond acceptors (Lipinski definition) is 5. The van der Waals surface area contributed by atoms with Crippen molar-refractivity contribution in [2.24, 2.45) is 0 Å². The molecule has 0 saturated heterocycles. The Morgan fingerprint density at radius 2 is 1.84 bits per heavy atom. The van der Waals surface area contributed by atoms with Gasteiger partial charge in [0.05, 0.1) is 22.2 Å². The number of carbonyl (C=O) groups excluding carboxylic acids is 1. The third kappa shape index (κ3) is 4.67. The van der Waals surface area contributed by atoms with Crippen molar-refractivity contribution in [1.29, 1.82) is 0 Å². The Kier molecular flexibility index (Phi) is 6.56. The normalized spacial score (nSPS) is 12.7. The summed E-state index contributed by atoms with van der Waals surface area (Å²) in [5.74, 6) is -0.423. The van der Waals surface area contributed by atoms with Gasteiger partial charge in [-0.2, -0.15) is 0 Å². The highest BCUT2D eigenvalue weighted by Crippen LogP contribution is 2.27. The van der Waals surface area contributed by atoms with Gasteiger partial charge in [0.15, 0.2) is 0 Å². The van der Waals surface area contributed by atoms with E-state index >= 15 is 0 Å². The number of carbonyl (C=O) groups is 1. The van der Waals surface area contributed by atoms with Gasteiger partial charge in [-0.05, 0) is 68.7 Å². The number of hydrogen-bond donors (Lipinski definition) is 1. The molecule has 7 nitrogen and oxygen atoms in total. The summed E-state index contributed by atoms with van der Waals surface area (Å²) in [4.78, 5) is 25.2. The summed E-state index contributed by atoms with van der Waals surface area (Å²) in [6.45, 7) is 8.11. The van der Waals surface area contributed by atoms with Gasteiger partial charge >= 0.3 is 4.87 Å². The molecule has 0 aliphatic heterocycles. The fourth-order valence-electron chi connectivity index (χ4n) is 3.59. The first-order chi connectivity index (χ1) is 14.6. The first kappa shape index (κ1) is 23.0. The van der Waals surface area contributed by atoms with E-state index in [1.54, 1.807) is 41.8 Å². The molecule has 9 heteroatoms. The smallest absolute Gasteiger partial charge is 0.308 e. The Morgan fingerprint density at radius 1 is 1.13 bits per heavy atom. The lowest BCUT2D eigenvalue weighted by atomic mass is 10.1. The van der Waals surface area contributed by atoms with Crippen LogP contribution in [0.1, 0.15) is 31.4 Å². The molecule has 1 aromatic heterocycles. The summed E-state index contributed by atoms with van der Waals surface area (Å²) in [6.07, 6.45) is 1.41. The van der Waals surface area contributed by atoms with Gasteiger partial charge in [-0.3, -0.25) is 18.5 Å². The van der Waals surface area contributed by atoms with Crippen LogP contribution in [0.2, 0.25) is 0 Å². The van der Waals surface area contributed by atoms with E-state index < -0.39 is 22.0 Å². The predicted octanol–water partition coefficient (Wildman–Crippen LogP) is 3.88. The lowest BCUT2D eigenvalue weighted by Crippen LogP contribution is -2.47. The van der Waals surface area contributed by atoms with Crippen molar-refractivity contribution in [1.82, 2.24) is 4.57 Å². The molecule has 0 fully saturated rings. The van der Waals surface area contributed by atoms with Crippen molar-refractivity contribution >= 4 is 48.9 Å². The van der Waals surface area contributed by atoms with E-state index in [1.807, 2.05) is 26.8 Å². The molecule has 1 N–H and O–H groups in total. The van der Waals surface area contributed by atoms with E-state index in [1.165, 1.54) is 4.31 Å². The third-order valence-corrected chi connectivity index (χ3v) is 7.45. The van der Waals surface area contributed by atoms with Gasteiger partial charge in [0.2, 0.25) is 15.9 Å². The molecule has 2 aromatic carbocycles. The number of amides is 1. The largest absolute Gasteiger partial charge is 0.324 e. The highest BCUT2D eigenvalue weighted by Gasteiger charge is 2.31. The zero-order valence-electron chi connectivity index (χ0n) is 18.3. The summed E-state index contributed by atoms with van der Waals surface area (Å²) >= 11 is 1.12. The number of nitrogens with zero attached hydrogens (tertiary/aromatic N) is 2. The zero-order valence-corrected chi connectivity index (χ0v) is 19.9. The second-order valence-corrected chi connectivity index (χ2v) is 10.4. The van der Waals surface area contributed by atoms with Crippen molar-refractivity contribution in [3.63, 3.8) is 0 Å². The first-order valence-corrected chi connectivity index (χ1v) is 12.7. The van der Waals surface area contributed by atoms with E-state index in [2.05, 4.69) is 5.32 Å². The number of benzene rings is 2. The van der Waals surface area contributed by atoms with Crippen LogP contribution in [-0.2, 0) is 21.4 Å². The quantitative estimate of drug-likeness (QED) is 0.578. The molecule has 1 amide bonds. The molecule has 0 unspecified atom stereocenters. The monoisotopic (exact) mass is 461 g/mol. The Labute approximate surface area is 186 Å². The number of thiazole rings is 1. The van der Waals surface area contributed by atoms with E-state index in [9.17, 15) is 18.0 Å². The van der Waals surface area contributed by atoms with Crippen LogP contribution in [0, 0.1) is 13.8 Å². The molecule has 0 aliphatic carbocycles. The second-order valence-electron chi connectivity index (χ2n) is 7.54. The van der Waals surface area contributed by atoms with Crippen LogP contribution in [0.4, 0.5) is 11.4 Å². The molecule has 0 bridgehead atoms. The lowest BCUT2D eigenvalue weighted by Gasteiger charge is -2.30. The summed E-state index contributed by atoms with van der Waals surface area (Å²) in [6, 6.07) is 9.71. The van der Waals surface area contributed by atoms with Crippen LogP contribution in [0.5, 0.6) is 0 Å². The molecular formula is C22H27N3O4S2. The van der Waals surface area contributed by atoms with Crippen molar-refractivity contribution in [3.05, 3.63) is 57.2 Å².